The molecule has 322 valence electrons. The molecule has 4 heterocycles. The van der Waals surface area contributed by atoms with Gasteiger partial charge in [0.15, 0.2) is 28.6 Å². The quantitative estimate of drug-likeness (QED) is 0.160. The Balaban J connectivity index is 0.938. The molecule has 0 aliphatic rings. The Morgan fingerprint density at radius 2 is 0.623 bits per heavy atom. The van der Waals surface area contributed by atoms with Crippen molar-refractivity contribution in [2.45, 2.75) is 0 Å². The summed E-state index contributed by atoms with van der Waals surface area (Å²) in [5.74, 6) is 1.84. The van der Waals surface area contributed by atoms with Gasteiger partial charge in [0.25, 0.3) is 0 Å². The second kappa shape index (κ2) is 15.6. The SMILES string of the molecule is c1ccc(-c2ccc(-n3c4ccccc4c4ccc5c6ccc7c8ccccc8n(-c8ccc(-c9nc(-c%10ccccc%10)nc(-c%10cccc(-c%11ccccc%11)c%10)n9)cc8)c7c6oc5c43)cc2)cc1. The lowest BCUT2D eigenvalue weighted by molar-refractivity contribution is 0.673. The van der Waals surface area contributed by atoms with Gasteiger partial charge in [-0.25, -0.2) is 15.0 Å². The van der Waals surface area contributed by atoms with Crippen LogP contribution >= 0.6 is 0 Å². The van der Waals surface area contributed by atoms with Crippen molar-refractivity contribution in [2.24, 2.45) is 0 Å². The molecule has 0 amide bonds. The van der Waals surface area contributed by atoms with E-state index in [9.17, 15) is 0 Å². The molecule has 0 N–H and O–H groups in total. The van der Waals surface area contributed by atoms with Crippen LogP contribution in [0.3, 0.4) is 0 Å². The molecule has 4 aromatic heterocycles. The highest BCUT2D eigenvalue weighted by atomic mass is 16.3. The molecule has 0 saturated carbocycles. The molecule has 0 unspecified atom stereocenters. The van der Waals surface area contributed by atoms with Gasteiger partial charge in [-0.3, -0.25) is 0 Å². The molecule has 14 aromatic rings. The van der Waals surface area contributed by atoms with Gasteiger partial charge >= 0.3 is 0 Å². The van der Waals surface area contributed by atoms with Crippen molar-refractivity contribution < 1.29 is 4.42 Å². The van der Waals surface area contributed by atoms with Crippen molar-refractivity contribution in [1.29, 1.82) is 0 Å². The van der Waals surface area contributed by atoms with E-state index in [-0.39, 0.29) is 0 Å². The van der Waals surface area contributed by atoms with Gasteiger partial charge in [0.1, 0.15) is 0 Å². The Hall–Kier alpha value is -9.39. The van der Waals surface area contributed by atoms with Crippen LogP contribution in [0, 0.1) is 0 Å². The van der Waals surface area contributed by atoms with E-state index in [0.717, 1.165) is 99.4 Å². The van der Waals surface area contributed by atoms with Crippen LogP contribution in [0.5, 0.6) is 0 Å². The van der Waals surface area contributed by atoms with Gasteiger partial charge in [-0.15, -0.1) is 0 Å². The fraction of sp³-hybridized carbons (Fsp3) is 0. The van der Waals surface area contributed by atoms with Crippen molar-refractivity contribution >= 4 is 65.6 Å². The standard InChI is InChI=1S/C63H39N5O/c1-4-15-40(16-5-1)42-27-31-47(32-28-42)67-55-25-12-10-23-49(55)51-35-37-53-54-38-36-52-50-24-11-13-26-56(50)68(58(52)60(54)69-59(53)57(51)67)48-33-29-44(30-34-48)62-64-61(43-19-8-3-9-20-43)65-63(66-62)46-22-14-21-45(39-46)41-17-6-2-7-18-41/h1-39H. The summed E-state index contributed by atoms with van der Waals surface area (Å²) in [5, 5.41) is 6.76. The summed E-state index contributed by atoms with van der Waals surface area (Å²) in [5.41, 5.74) is 15.4. The number of nitrogens with zero attached hydrogens (tertiary/aromatic N) is 5. The molecule has 0 fully saturated rings. The topological polar surface area (TPSA) is 61.7 Å². The lowest BCUT2D eigenvalue weighted by Gasteiger charge is -2.11. The second-order valence-electron chi connectivity index (χ2n) is 17.6. The smallest absolute Gasteiger partial charge is 0.164 e. The maximum atomic E-state index is 7.33. The first-order valence-electron chi connectivity index (χ1n) is 23.3. The van der Waals surface area contributed by atoms with E-state index < -0.39 is 0 Å². The van der Waals surface area contributed by atoms with Crippen molar-refractivity contribution in [1.82, 2.24) is 24.1 Å². The minimum atomic E-state index is 0.603. The summed E-state index contributed by atoms with van der Waals surface area (Å²) in [4.78, 5) is 15.3. The zero-order valence-corrected chi connectivity index (χ0v) is 37.2. The monoisotopic (exact) mass is 881 g/mol. The first kappa shape index (κ1) is 38.8. The molecule has 0 aliphatic heterocycles. The zero-order valence-electron chi connectivity index (χ0n) is 37.2. The number of rotatable bonds is 7. The molecule has 6 heteroatoms. The summed E-state index contributed by atoms with van der Waals surface area (Å²) < 4.78 is 12.0. The molecule has 0 aliphatic carbocycles. The van der Waals surface area contributed by atoms with Gasteiger partial charge in [-0.1, -0.05) is 170 Å². The lowest BCUT2D eigenvalue weighted by Crippen LogP contribution is -2.00. The van der Waals surface area contributed by atoms with Crippen LogP contribution in [0.25, 0.3) is 133 Å². The molecule has 0 radical (unpaired) electrons. The summed E-state index contributed by atoms with van der Waals surface area (Å²) in [6.45, 7) is 0. The molecule has 0 spiro atoms. The normalized spacial score (nSPS) is 11.8. The number of para-hydroxylation sites is 2. The molecule has 0 bridgehead atoms. The summed E-state index contributed by atoms with van der Waals surface area (Å²) in [6.07, 6.45) is 0. The Morgan fingerprint density at radius 1 is 0.261 bits per heavy atom. The first-order chi connectivity index (χ1) is 34.2. The van der Waals surface area contributed by atoms with Gasteiger partial charge in [-0.2, -0.15) is 0 Å². The Bertz CT molecular complexity index is 4270. The van der Waals surface area contributed by atoms with Gasteiger partial charge in [0.2, 0.25) is 0 Å². The van der Waals surface area contributed by atoms with Gasteiger partial charge in [0.05, 0.1) is 22.1 Å². The van der Waals surface area contributed by atoms with Crippen LogP contribution in [0.2, 0.25) is 0 Å². The van der Waals surface area contributed by atoms with Crippen molar-refractivity contribution in [2.75, 3.05) is 0 Å². The number of aromatic nitrogens is 5. The minimum absolute atomic E-state index is 0.603. The van der Waals surface area contributed by atoms with Crippen LogP contribution < -0.4 is 0 Å². The Labute approximate surface area is 396 Å². The number of hydrogen-bond acceptors (Lipinski definition) is 4. The predicted octanol–water partition coefficient (Wildman–Crippen LogP) is 16.3. The van der Waals surface area contributed by atoms with Crippen molar-refractivity contribution in [3.8, 4) is 67.8 Å². The zero-order chi connectivity index (χ0) is 45.4. The number of benzene rings is 10. The number of furan rings is 1. The van der Waals surface area contributed by atoms with Crippen LogP contribution in [-0.2, 0) is 0 Å². The minimum Gasteiger partial charge on any atom is -0.452 e. The molecular formula is C63H39N5O. The van der Waals surface area contributed by atoms with Crippen LogP contribution in [-0.4, -0.2) is 24.1 Å². The largest absolute Gasteiger partial charge is 0.452 e. The Morgan fingerprint density at radius 3 is 1.14 bits per heavy atom. The van der Waals surface area contributed by atoms with Gasteiger partial charge in [0, 0.05) is 60.4 Å². The van der Waals surface area contributed by atoms with E-state index in [0.29, 0.717) is 17.5 Å². The van der Waals surface area contributed by atoms with E-state index in [1.807, 2.05) is 36.4 Å². The van der Waals surface area contributed by atoms with Crippen molar-refractivity contribution in [3.05, 3.63) is 237 Å². The highest BCUT2D eigenvalue weighted by Crippen LogP contribution is 2.44. The maximum absolute atomic E-state index is 7.33. The molecule has 0 atom stereocenters. The van der Waals surface area contributed by atoms with Crippen molar-refractivity contribution in [3.63, 3.8) is 0 Å². The van der Waals surface area contributed by atoms with Gasteiger partial charge in [-0.05, 0) is 89.0 Å². The summed E-state index contributed by atoms with van der Waals surface area (Å²) >= 11 is 0. The van der Waals surface area contributed by atoms with Gasteiger partial charge < -0.3 is 13.6 Å². The molecule has 6 nitrogen and oxygen atoms in total. The van der Waals surface area contributed by atoms with Crippen LogP contribution in [0.15, 0.2) is 241 Å². The highest BCUT2D eigenvalue weighted by Gasteiger charge is 2.23. The molecule has 69 heavy (non-hydrogen) atoms. The van der Waals surface area contributed by atoms with Crippen LogP contribution in [0.4, 0.5) is 0 Å². The third kappa shape index (κ3) is 6.30. The molecular weight excluding hydrogens is 843 g/mol. The second-order valence-corrected chi connectivity index (χ2v) is 17.6. The molecule has 10 aromatic carbocycles. The van der Waals surface area contributed by atoms with E-state index in [1.54, 1.807) is 0 Å². The highest BCUT2D eigenvalue weighted by molar-refractivity contribution is 6.26. The van der Waals surface area contributed by atoms with Crippen LogP contribution in [0.1, 0.15) is 0 Å². The number of hydrogen-bond donors (Lipinski definition) is 0. The Kier molecular flexibility index (Phi) is 8.79. The summed E-state index contributed by atoms with van der Waals surface area (Å²) in [7, 11) is 0. The van der Waals surface area contributed by atoms with E-state index in [4.69, 9.17) is 19.4 Å². The number of fused-ring (bicyclic) bond motifs is 11. The average Bonchev–Trinajstić information content (AvgIpc) is 4.10. The lowest BCUT2D eigenvalue weighted by atomic mass is 10.0. The fourth-order valence-electron chi connectivity index (χ4n) is 10.3. The fourth-order valence-corrected chi connectivity index (χ4v) is 10.3. The summed E-state index contributed by atoms with van der Waals surface area (Å²) in [6, 6.07) is 83.2. The maximum Gasteiger partial charge on any atom is 0.164 e. The van der Waals surface area contributed by atoms with E-state index in [2.05, 4.69) is 209 Å². The van der Waals surface area contributed by atoms with E-state index >= 15 is 0 Å². The molecule has 0 saturated heterocycles. The third-order valence-corrected chi connectivity index (χ3v) is 13.6. The van der Waals surface area contributed by atoms with E-state index in [1.165, 1.54) is 16.5 Å². The third-order valence-electron chi connectivity index (χ3n) is 13.6. The predicted molar refractivity (Wildman–Crippen MR) is 283 cm³/mol. The first-order valence-corrected chi connectivity index (χ1v) is 23.3. The average molecular weight is 882 g/mol. The molecule has 14 rings (SSSR count).